The van der Waals surface area contributed by atoms with Gasteiger partial charge >= 0.3 is 0 Å². The van der Waals surface area contributed by atoms with E-state index in [0.29, 0.717) is 5.92 Å². The first-order valence-electron chi connectivity index (χ1n) is 6.32. The molecule has 17 heavy (non-hydrogen) atoms. The van der Waals surface area contributed by atoms with E-state index in [2.05, 4.69) is 26.8 Å². The Morgan fingerprint density at radius 3 is 2.65 bits per heavy atom. The predicted octanol–water partition coefficient (Wildman–Crippen LogP) is 3.94. The third kappa shape index (κ3) is 4.66. The summed E-state index contributed by atoms with van der Waals surface area (Å²) in [7, 11) is 0. The fourth-order valence-electron chi connectivity index (χ4n) is 1.93. The molecule has 0 fully saturated rings. The molecule has 0 aliphatic heterocycles. The van der Waals surface area contributed by atoms with Crippen LogP contribution in [-0.2, 0) is 6.54 Å². The highest BCUT2D eigenvalue weighted by atomic mass is 35.5. The van der Waals surface area contributed by atoms with Crippen LogP contribution >= 0.6 is 11.6 Å². The van der Waals surface area contributed by atoms with Crippen molar-refractivity contribution in [3.8, 4) is 0 Å². The van der Waals surface area contributed by atoms with Crippen LogP contribution in [0.15, 0.2) is 18.2 Å². The van der Waals surface area contributed by atoms with Crippen LogP contribution in [0.25, 0.3) is 0 Å². The second kappa shape index (κ2) is 7.00. The zero-order valence-electron chi connectivity index (χ0n) is 11.0. The molecule has 0 aliphatic rings. The minimum atomic E-state index is 0.502. The molecule has 2 N–H and O–H groups in total. The first kappa shape index (κ1) is 14.5. The lowest BCUT2D eigenvalue weighted by Crippen LogP contribution is -2.31. The van der Waals surface area contributed by atoms with Gasteiger partial charge in [0.1, 0.15) is 0 Å². The van der Waals surface area contributed by atoms with Crippen molar-refractivity contribution >= 4 is 11.6 Å². The predicted molar refractivity (Wildman–Crippen MR) is 75.0 cm³/mol. The van der Waals surface area contributed by atoms with Crippen LogP contribution in [0.4, 0.5) is 0 Å². The van der Waals surface area contributed by atoms with Crippen LogP contribution in [0.2, 0.25) is 5.02 Å². The molecule has 0 saturated carbocycles. The van der Waals surface area contributed by atoms with Gasteiger partial charge in [-0.1, -0.05) is 44.9 Å². The topological polar surface area (TPSA) is 29.3 Å². The number of hydrogen-bond acceptors (Lipinski definition) is 2. The van der Waals surface area contributed by atoms with Crippen LogP contribution in [0, 0.1) is 0 Å². The average Bonchev–Trinajstić information content (AvgIpc) is 2.26. The summed E-state index contributed by atoms with van der Waals surface area (Å²) in [5.74, 6) is 6.50. The van der Waals surface area contributed by atoms with Gasteiger partial charge in [0.15, 0.2) is 0 Å². The van der Waals surface area contributed by atoms with Gasteiger partial charge in [0.05, 0.1) is 0 Å². The summed E-state index contributed by atoms with van der Waals surface area (Å²) >= 11 is 6.05. The van der Waals surface area contributed by atoms with Gasteiger partial charge in [-0.3, -0.25) is 5.84 Å². The summed E-state index contributed by atoms with van der Waals surface area (Å²) in [5.41, 5.74) is 2.58. The van der Waals surface area contributed by atoms with Crippen LogP contribution in [0.1, 0.15) is 50.7 Å². The summed E-state index contributed by atoms with van der Waals surface area (Å²) in [6.45, 7) is 8.26. The summed E-state index contributed by atoms with van der Waals surface area (Å²) in [6.07, 6.45) is 2.30. The lowest BCUT2D eigenvalue weighted by atomic mass is 9.97. The number of unbranched alkanes of at least 4 members (excludes halogenated alkanes) is 1. The molecular formula is C14H23ClN2. The number of rotatable bonds is 6. The Labute approximate surface area is 110 Å². The highest BCUT2D eigenvalue weighted by Gasteiger charge is 2.09. The normalized spacial score (nSPS) is 11.5. The Bertz CT molecular complexity index is 350. The molecule has 0 atom stereocenters. The Kier molecular flexibility index (Phi) is 5.96. The molecule has 0 amide bonds. The van der Waals surface area contributed by atoms with E-state index < -0.39 is 0 Å². The Morgan fingerprint density at radius 1 is 1.35 bits per heavy atom. The summed E-state index contributed by atoms with van der Waals surface area (Å²) in [6, 6.07) is 6.09. The molecule has 0 radical (unpaired) electrons. The molecule has 0 aromatic heterocycles. The summed E-state index contributed by atoms with van der Waals surface area (Å²) in [4.78, 5) is 0. The third-order valence-electron chi connectivity index (χ3n) is 2.90. The number of hydrazine groups is 1. The van der Waals surface area contributed by atoms with Gasteiger partial charge in [-0.25, -0.2) is 5.01 Å². The van der Waals surface area contributed by atoms with Crippen molar-refractivity contribution in [2.24, 2.45) is 5.84 Å². The SMILES string of the molecule is CCCCN(N)Cc1cc(Cl)ccc1C(C)C. The smallest absolute Gasteiger partial charge is 0.0409 e. The molecule has 0 spiro atoms. The van der Waals surface area contributed by atoms with Crippen molar-refractivity contribution in [2.75, 3.05) is 6.54 Å². The quantitative estimate of drug-likeness (QED) is 0.616. The number of hydrogen-bond donors (Lipinski definition) is 1. The molecular weight excluding hydrogens is 232 g/mol. The summed E-state index contributed by atoms with van der Waals surface area (Å²) < 4.78 is 0. The molecule has 0 saturated heterocycles. The van der Waals surface area contributed by atoms with E-state index in [0.717, 1.165) is 24.5 Å². The summed E-state index contributed by atoms with van der Waals surface area (Å²) in [5, 5.41) is 2.66. The van der Waals surface area contributed by atoms with E-state index in [4.69, 9.17) is 17.4 Å². The molecule has 0 unspecified atom stereocenters. The number of benzene rings is 1. The minimum Gasteiger partial charge on any atom is -0.268 e. The van der Waals surface area contributed by atoms with Gasteiger partial charge in [-0.2, -0.15) is 0 Å². The first-order valence-corrected chi connectivity index (χ1v) is 6.70. The van der Waals surface area contributed by atoms with Gasteiger partial charge in [0.25, 0.3) is 0 Å². The van der Waals surface area contributed by atoms with Crippen molar-refractivity contribution in [3.05, 3.63) is 34.3 Å². The van der Waals surface area contributed by atoms with Crippen molar-refractivity contribution in [3.63, 3.8) is 0 Å². The number of nitrogens with zero attached hydrogens (tertiary/aromatic N) is 1. The number of nitrogens with two attached hydrogens (primary N) is 1. The Morgan fingerprint density at radius 2 is 2.06 bits per heavy atom. The molecule has 1 rings (SSSR count). The molecule has 1 aromatic carbocycles. The zero-order chi connectivity index (χ0) is 12.8. The molecule has 2 nitrogen and oxygen atoms in total. The fourth-order valence-corrected chi connectivity index (χ4v) is 2.13. The highest BCUT2D eigenvalue weighted by molar-refractivity contribution is 6.30. The highest BCUT2D eigenvalue weighted by Crippen LogP contribution is 2.23. The molecule has 0 aliphatic carbocycles. The van der Waals surface area contributed by atoms with Crippen LogP contribution < -0.4 is 5.84 Å². The van der Waals surface area contributed by atoms with E-state index in [1.165, 1.54) is 17.5 Å². The Hall–Kier alpha value is -0.570. The number of halogens is 1. The van der Waals surface area contributed by atoms with Crippen molar-refractivity contribution in [2.45, 2.75) is 46.1 Å². The van der Waals surface area contributed by atoms with Crippen LogP contribution in [-0.4, -0.2) is 11.6 Å². The van der Waals surface area contributed by atoms with Gasteiger partial charge < -0.3 is 0 Å². The zero-order valence-corrected chi connectivity index (χ0v) is 11.8. The molecule has 96 valence electrons. The van der Waals surface area contributed by atoms with Crippen molar-refractivity contribution in [1.29, 1.82) is 0 Å². The molecule has 0 bridgehead atoms. The molecule has 3 heteroatoms. The van der Waals surface area contributed by atoms with Crippen molar-refractivity contribution in [1.82, 2.24) is 5.01 Å². The van der Waals surface area contributed by atoms with Crippen LogP contribution in [0.5, 0.6) is 0 Å². The second-order valence-electron chi connectivity index (χ2n) is 4.82. The fraction of sp³-hybridized carbons (Fsp3) is 0.571. The maximum Gasteiger partial charge on any atom is 0.0409 e. The largest absolute Gasteiger partial charge is 0.268 e. The maximum absolute atomic E-state index is 6.05. The van der Waals surface area contributed by atoms with E-state index >= 15 is 0 Å². The van der Waals surface area contributed by atoms with Crippen molar-refractivity contribution < 1.29 is 0 Å². The van der Waals surface area contributed by atoms with Crippen LogP contribution in [0.3, 0.4) is 0 Å². The average molecular weight is 255 g/mol. The van der Waals surface area contributed by atoms with E-state index in [-0.39, 0.29) is 0 Å². The van der Waals surface area contributed by atoms with Gasteiger partial charge in [0.2, 0.25) is 0 Å². The molecule has 0 heterocycles. The third-order valence-corrected chi connectivity index (χ3v) is 3.13. The standard InChI is InChI=1S/C14H23ClN2/c1-4-5-8-17(16)10-12-9-13(15)6-7-14(12)11(2)3/h6-7,9,11H,4-5,8,10,16H2,1-3H3. The maximum atomic E-state index is 6.05. The molecule has 1 aromatic rings. The van der Waals surface area contributed by atoms with E-state index in [9.17, 15) is 0 Å². The van der Waals surface area contributed by atoms with Gasteiger partial charge in [0, 0.05) is 18.1 Å². The van der Waals surface area contributed by atoms with E-state index in [1.54, 1.807) is 0 Å². The lowest BCUT2D eigenvalue weighted by molar-refractivity contribution is 0.269. The van der Waals surface area contributed by atoms with E-state index in [1.807, 2.05) is 17.1 Å². The van der Waals surface area contributed by atoms with Gasteiger partial charge in [-0.15, -0.1) is 0 Å². The Balaban J connectivity index is 2.77. The first-order chi connectivity index (χ1) is 8.04. The monoisotopic (exact) mass is 254 g/mol. The minimum absolute atomic E-state index is 0.502. The second-order valence-corrected chi connectivity index (χ2v) is 5.26. The lowest BCUT2D eigenvalue weighted by Gasteiger charge is -2.20. The van der Waals surface area contributed by atoms with Gasteiger partial charge in [-0.05, 0) is 35.6 Å².